The van der Waals surface area contributed by atoms with Crippen molar-refractivity contribution in [3.05, 3.63) is 83.9 Å². The molecule has 0 aromatic heterocycles. The third-order valence-corrected chi connectivity index (χ3v) is 4.48. The predicted octanol–water partition coefficient (Wildman–Crippen LogP) is 5.68. The van der Waals surface area contributed by atoms with Crippen LogP contribution in [-0.4, -0.2) is 20.0 Å². The first-order valence-electron chi connectivity index (χ1n) is 10.2. The van der Waals surface area contributed by atoms with Crippen LogP contribution in [0.3, 0.4) is 0 Å². The molecule has 3 aromatic rings. The van der Waals surface area contributed by atoms with Gasteiger partial charge in [0, 0.05) is 12.8 Å². The molecule has 0 aliphatic carbocycles. The first-order chi connectivity index (χ1) is 14.4. The lowest BCUT2D eigenvalue weighted by molar-refractivity contribution is 0.174. The van der Waals surface area contributed by atoms with Gasteiger partial charge in [0.2, 0.25) is 6.79 Å². The van der Waals surface area contributed by atoms with Crippen molar-refractivity contribution in [1.29, 1.82) is 0 Å². The molecule has 0 atom stereocenters. The number of hydrogen-bond donors (Lipinski definition) is 0. The Kier molecular flexibility index (Phi) is 7.81. The van der Waals surface area contributed by atoms with Gasteiger partial charge in [-0.25, -0.2) is 0 Å². The van der Waals surface area contributed by atoms with Crippen molar-refractivity contribution in [2.75, 3.05) is 20.0 Å². The zero-order chi connectivity index (χ0) is 20.3. The van der Waals surface area contributed by atoms with Crippen LogP contribution in [-0.2, 0) is 12.8 Å². The minimum absolute atomic E-state index is 0.360. The minimum Gasteiger partial charge on any atom is -0.493 e. The lowest BCUT2D eigenvalue weighted by Gasteiger charge is -1.93. The Morgan fingerprint density at radius 1 is 0.483 bits per heavy atom. The number of para-hydroxylation sites is 4. The van der Waals surface area contributed by atoms with Crippen LogP contribution in [0.5, 0.6) is 23.0 Å². The van der Waals surface area contributed by atoms with Crippen LogP contribution in [0.15, 0.2) is 72.8 Å². The van der Waals surface area contributed by atoms with E-state index in [0.717, 1.165) is 49.1 Å². The predicted molar refractivity (Wildman–Crippen MR) is 115 cm³/mol. The summed E-state index contributed by atoms with van der Waals surface area (Å²) in [6, 6.07) is 24.0. The molecular weight excluding hydrogens is 364 g/mol. The van der Waals surface area contributed by atoms with Crippen LogP contribution < -0.4 is 18.9 Å². The van der Waals surface area contributed by atoms with Crippen molar-refractivity contribution in [3.8, 4) is 23.0 Å². The summed E-state index contributed by atoms with van der Waals surface area (Å²) in [6.07, 6.45) is 2.16. The highest BCUT2D eigenvalue weighted by Crippen LogP contribution is 2.30. The van der Waals surface area contributed by atoms with Crippen molar-refractivity contribution in [2.24, 2.45) is 0 Å². The molecule has 3 heterocycles. The van der Waals surface area contributed by atoms with Gasteiger partial charge in [0.25, 0.3) is 0 Å². The average Bonchev–Trinajstić information content (AvgIpc) is 3.56. The second-order valence-electron chi connectivity index (χ2n) is 6.27. The number of hydrogen-bond acceptors (Lipinski definition) is 4. The van der Waals surface area contributed by atoms with E-state index in [1.54, 1.807) is 0 Å². The number of fused-ring (bicyclic) bond motifs is 3. The van der Waals surface area contributed by atoms with Gasteiger partial charge in [-0.1, -0.05) is 62.4 Å². The van der Waals surface area contributed by atoms with E-state index in [-0.39, 0.29) is 0 Å². The van der Waals surface area contributed by atoms with E-state index < -0.39 is 0 Å². The SMILES string of the molecule is CC.c1ccc2c(c1)CCO2.c1ccc2c(c1)CCO2.c1ccc2c(c1)OCO2. The van der Waals surface area contributed by atoms with Gasteiger partial charge in [-0.2, -0.15) is 0 Å². The molecule has 3 aliphatic heterocycles. The first-order valence-corrected chi connectivity index (χ1v) is 10.2. The Morgan fingerprint density at radius 3 is 1.28 bits per heavy atom. The summed E-state index contributed by atoms with van der Waals surface area (Å²) in [5.74, 6) is 3.82. The van der Waals surface area contributed by atoms with Gasteiger partial charge in [0.05, 0.1) is 13.2 Å². The molecule has 6 rings (SSSR count). The molecule has 152 valence electrons. The van der Waals surface area contributed by atoms with Crippen LogP contribution >= 0.6 is 0 Å². The van der Waals surface area contributed by atoms with Crippen molar-refractivity contribution in [3.63, 3.8) is 0 Å². The Balaban J connectivity index is 0.000000119. The zero-order valence-electron chi connectivity index (χ0n) is 17.1. The summed E-state index contributed by atoms with van der Waals surface area (Å²) in [4.78, 5) is 0. The Bertz CT molecular complexity index is 705. The van der Waals surface area contributed by atoms with Gasteiger partial charge in [-0.15, -0.1) is 0 Å². The minimum atomic E-state index is 0.360. The molecule has 0 saturated heterocycles. The van der Waals surface area contributed by atoms with Gasteiger partial charge in [-0.3, -0.25) is 0 Å². The molecular formula is C25H28O4. The molecule has 29 heavy (non-hydrogen) atoms. The molecule has 0 spiro atoms. The fourth-order valence-corrected chi connectivity index (χ4v) is 3.09. The van der Waals surface area contributed by atoms with E-state index in [1.165, 1.54) is 11.1 Å². The fourth-order valence-electron chi connectivity index (χ4n) is 3.09. The summed E-state index contributed by atoms with van der Waals surface area (Å²) >= 11 is 0. The van der Waals surface area contributed by atoms with Gasteiger partial charge < -0.3 is 18.9 Å². The van der Waals surface area contributed by atoms with E-state index in [4.69, 9.17) is 18.9 Å². The summed E-state index contributed by atoms with van der Waals surface area (Å²) < 4.78 is 20.7. The first kappa shape index (κ1) is 20.6. The van der Waals surface area contributed by atoms with Crippen LogP contribution in [0.1, 0.15) is 25.0 Å². The number of benzene rings is 3. The van der Waals surface area contributed by atoms with Crippen LogP contribution in [0.25, 0.3) is 0 Å². The number of ether oxygens (including phenoxy) is 4. The van der Waals surface area contributed by atoms with Crippen LogP contribution in [0, 0.1) is 0 Å². The highest BCUT2D eigenvalue weighted by atomic mass is 16.7. The van der Waals surface area contributed by atoms with Crippen LogP contribution in [0.2, 0.25) is 0 Å². The highest BCUT2D eigenvalue weighted by molar-refractivity contribution is 5.41. The van der Waals surface area contributed by atoms with E-state index in [9.17, 15) is 0 Å². The molecule has 0 radical (unpaired) electrons. The standard InChI is InChI=1S/2C8H8O.C7H6O2.C2H6/c2*1-2-4-8-7(3-1)5-6-9-8;1-2-4-7-6(3-1)8-5-9-7;1-2/h2*1-4H,5-6H2;1-4H,5H2;1-2H3. The largest absolute Gasteiger partial charge is 0.493 e. The summed E-state index contributed by atoms with van der Waals surface area (Å²) in [6.45, 7) is 6.08. The molecule has 0 bridgehead atoms. The maximum Gasteiger partial charge on any atom is 0.231 e. The van der Waals surface area contributed by atoms with Crippen molar-refractivity contribution in [1.82, 2.24) is 0 Å². The Labute approximate surface area is 173 Å². The van der Waals surface area contributed by atoms with Gasteiger partial charge >= 0.3 is 0 Å². The topological polar surface area (TPSA) is 36.9 Å². The van der Waals surface area contributed by atoms with Crippen molar-refractivity contribution in [2.45, 2.75) is 26.7 Å². The number of rotatable bonds is 0. The summed E-state index contributed by atoms with van der Waals surface area (Å²) in [5.41, 5.74) is 2.69. The third kappa shape index (κ3) is 5.67. The lowest BCUT2D eigenvalue weighted by Crippen LogP contribution is -1.92. The molecule has 4 nitrogen and oxygen atoms in total. The molecule has 0 fully saturated rings. The van der Waals surface area contributed by atoms with Crippen molar-refractivity contribution >= 4 is 0 Å². The maximum absolute atomic E-state index is 5.30. The van der Waals surface area contributed by atoms with Crippen LogP contribution in [0.4, 0.5) is 0 Å². The highest BCUT2D eigenvalue weighted by Gasteiger charge is 2.10. The van der Waals surface area contributed by atoms with Gasteiger partial charge in [-0.05, 0) is 35.4 Å². The molecule has 0 saturated carbocycles. The smallest absolute Gasteiger partial charge is 0.231 e. The average molecular weight is 392 g/mol. The van der Waals surface area contributed by atoms with Crippen molar-refractivity contribution < 1.29 is 18.9 Å². The van der Waals surface area contributed by atoms with E-state index in [0.29, 0.717) is 6.79 Å². The lowest BCUT2D eigenvalue weighted by atomic mass is 10.2. The van der Waals surface area contributed by atoms with E-state index in [2.05, 4.69) is 12.1 Å². The molecule has 0 N–H and O–H groups in total. The Hall–Kier alpha value is -3.14. The Morgan fingerprint density at radius 2 is 0.862 bits per heavy atom. The third-order valence-electron chi connectivity index (χ3n) is 4.48. The molecule has 4 heteroatoms. The zero-order valence-corrected chi connectivity index (χ0v) is 17.1. The molecule has 3 aromatic carbocycles. The molecule has 0 amide bonds. The second-order valence-corrected chi connectivity index (χ2v) is 6.27. The monoisotopic (exact) mass is 392 g/mol. The fraction of sp³-hybridized carbons (Fsp3) is 0.280. The molecule has 0 unspecified atom stereocenters. The maximum atomic E-state index is 5.30. The van der Waals surface area contributed by atoms with E-state index in [1.807, 2.05) is 74.5 Å². The second kappa shape index (κ2) is 11.0. The van der Waals surface area contributed by atoms with E-state index >= 15 is 0 Å². The summed E-state index contributed by atoms with van der Waals surface area (Å²) in [7, 11) is 0. The van der Waals surface area contributed by atoms with Gasteiger partial charge in [0.1, 0.15) is 11.5 Å². The summed E-state index contributed by atoms with van der Waals surface area (Å²) in [5, 5.41) is 0. The molecule has 3 aliphatic rings. The quantitative estimate of drug-likeness (QED) is 0.493. The van der Waals surface area contributed by atoms with Gasteiger partial charge in [0.15, 0.2) is 11.5 Å². The normalized spacial score (nSPS) is 13.6.